The van der Waals surface area contributed by atoms with Gasteiger partial charge in [-0.15, -0.1) is 0 Å². The number of halogens is 1. The molecule has 0 bridgehead atoms. The highest BCUT2D eigenvalue weighted by molar-refractivity contribution is 9.10. The fraction of sp³-hybridized carbons (Fsp3) is 0. The van der Waals surface area contributed by atoms with Gasteiger partial charge < -0.3 is 5.11 Å². The second-order valence-corrected chi connectivity index (χ2v) is 4.68. The summed E-state index contributed by atoms with van der Waals surface area (Å²) in [6, 6.07) is 13.7. The standard InChI is InChI=1S/C14H11BrN2O2/c15-12-7-5-10(6-8-12)14(19)17-16-9-11-3-1-2-4-13(11)18/h1-9,18H,(H,17,19)/b16-9-. The van der Waals surface area contributed by atoms with E-state index in [0.717, 1.165) is 4.47 Å². The Kier molecular flexibility index (Phi) is 4.30. The molecule has 5 heteroatoms. The van der Waals surface area contributed by atoms with Gasteiger partial charge in [-0.2, -0.15) is 5.10 Å². The fourth-order valence-electron chi connectivity index (χ4n) is 1.42. The number of phenols is 1. The van der Waals surface area contributed by atoms with Crippen molar-refractivity contribution in [3.63, 3.8) is 0 Å². The third kappa shape index (κ3) is 3.66. The van der Waals surface area contributed by atoms with E-state index < -0.39 is 0 Å². The van der Waals surface area contributed by atoms with Gasteiger partial charge in [0.2, 0.25) is 0 Å². The van der Waals surface area contributed by atoms with Crippen LogP contribution in [0.25, 0.3) is 0 Å². The van der Waals surface area contributed by atoms with Gasteiger partial charge in [0.15, 0.2) is 0 Å². The van der Waals surface area contributed by atoms with Crippen LogP contribution < -0.4 is 5.43 Å². The molecule has 2 rings (SSSR count). The highest BCUT2D eigenvalue weighted by Crippen LogP contribution is 2.13. The number of hydrazone groups is 1. The van der Waals surface area contributed by atoms with Crippen molar-refractivity contribution in [3.8, 4) is 5.75 Å². The van der Waals surface area contributed by atoms with Crippen molar-refractivity contribution in [3.05, 3.63) is 64.1 Å². The molecule has 0 radical (unpaired) electrons. The predicted molar refractivity (Wildman–Crippen MR) is 77.3 cm³/mol. The molecule has 1 amide bonds. The summed E-state index contributed by atoms with van der Waals surface area (Å²) in [5, 5.41) is 13.3. The topological polar surface area (TPSA) is 61.7 Å². The minimum absolute atomic E-state index is 0.115. The molecule has 4 nitrogen and oxygen atoms in total. The zero-order valence-electron chi connectivity index (χ0n) is 9.88. The van der Waals surface area contributed by atoms with E-state index in [1.807, 2.05) is 0 Å². The third-order valence-corrected chi connectivity index (χ3v) is 2.94. The van der Waals surface area contributed by atoms with Crippen LogP contribution in [0.1, 0.15) is 15.9 Å². The number of nitrogens with zero attached hydrogens (tertiary/aromatic N) is 1. The number of amides is 1. The Morgan fingerprint density at radius 3 is 2.53 bits per heavy atom. The van der Waals surface area contributed by atoms with Gasteiger partial charge in [-0.1, -0.05) is 28.1 Å². The number of hydrogen-bond acceptors (Lipinski definition) is 3. The van der Waals surface area contributed by atoms with Gasteiger partial charge in [-0.05, 0) is 36.4 Å². The van der Waals surface area contributed by atoms with E-state index in [1.54, 1.807) is 48.5 Å². The molecule has 0 saturated heterocycles. The van der Waals surface area contributed by atoms with Gasteiger partial charge in [0.05, 0.1) is 6.21 Å². The molecule has 0 saturated carbocycles. The number of rotatable bonds is 3. The molecule has 0 unspecified atom stereocenters. The molecule has 2 N–H and O–H groups in total. The Hall–Kier alpha value is -2.14. The number of hydrogen-bond donors (Lipinski definition) is 2. The highest BCUT2D eigenvalue weighted by Gasteiger charge is 2.03. The van der Waals surface area contributed by atoms with Crippen molar-refractivity contribution in [2.75, 3.05) is 0 Å². The molecule has 2 aromatic rings. The zero-order valence-corrected chi connectivity index (χ0v) is 11.5. The Bertz CT molecular complexity index is 609. The maximum atomic E-state index is 11.7. The third-order valence-electron chi connectivity index (χ3n) is 2.41. The van der Waals surface area contributed by atoms with Crippen LogP contribution in [0.15, 0.2) is 58.1 Å². The molecule has 0 fully saturated rings. The average molecular weight is 319 g/mol. The number of carbonyl (C=O) groups is 1. The minimum Gasteiger partial charge on any atom is -0.507 e. The van der Waals surface area contributed by atoms with Gasteiger partial charge in [0.25, 0.3) is 5.91 Å². The highest BCUT2D eigenvalue weighted by atomic mass is 79.9. The van der Waals surface area contributed by atoms with Crippen LogP contribution in [-0.4, -0.2) is 17.2 Å². The van der Waals surface area contributed by atoms with Crippen LogP contribution in [0, 0.1) is 0 Å². The Morgan fingerprint density at radius 1 is 1.16 bits per heavy atom. The van der Waals surface area contributed by atoms with Crippen molar-refractivity contribution in [1.82, 2.24) is 5.43 Å². The molecule has 0 heterocycles. The minimum atomic E-state index is -0.306. The van der Waals surface area contributed by atoms with Crippen LogP contribution in [0.3, 0.4) is 0 Å². The molecule has 0 aromatic heterocycles. The first-order valence-electron chi connectivity index (χ1n) is 5.54. The molecule has 2 aromatic carbocycles. The number of phenolic OH excluding ortho intramolecular Hbond substituents is 1. The van der Waals surface area contributed by atoms with Crippen molar-refractivity contribution < 1.29 is 9.90 Å². The van der Waals surface area contributed by atoms with Crippen molar-refractivity contribution in [2.24, 2.45) is 5.10 Å². The number of carbonyl (C=O) groups excluding carboxylic acids is 1. The number of aromatic hydroxyl groups is 1. The largest absolute Gasteiger partial charge is 0.507 e. The lowest BCUT2D eigenvalue weighted by atomic mass is 10.2. The number of benzene rings is 2. The zero-order chi connectivity index (χ0) is 13.7. The second-order valence-electron chi connectivity index (χ2n) is 3.76. The fourth-order valence-corrected chi connectivity index (χ4v) is 1.69. The van der Waals surface area contributed by atoms with E-state index >= 15 is 0 Å². The first-order valence-corrected chi connectivity index (χ1v) is 6.33. The van der Waals surface area contributed by atoms with E-state index in [2.05, 4.69) is 26.5 Å². The van der Waals surface area contributed by atoms with Crippen LogP contribution >= 0.6 is 15.9 Å². The van der Waals surface area contributed by atoms with E-state index in [0.29, 0.717) is 11.1 Å². The Balaban J connectivity index is 2.01. The number of nitrogens with one attached hydrogen (secondary N) is 1. The van der Waals surface area contributed by atoms with Gasteiger partial charge in [0.1, 0.15) is 5.75 Å². The summed E-state index contributed by atoms with van der Waals surface area (Å²) in [4.78, 5) is 11.7. The van der Waals surface area contributed by atoms with E-state index in [-0.39, 0.29) is 11.7 Å². The maximum absolute atomic E-state index is 11.7. The average Bonchev–Trinajstić information content (AvgIpc) is 2.41. The molecule has 96 valence electrons. The van der Waals surface area contributed by atoms with E-state index in [4.69, 9.17) is 0 Å². The molecule has 0 spiro atoms. The monoisotopic (exact) mass is 318 g/mol. The maximum Gasteiger partial charge on any atom is 0.271 e. The smallest absolute Gasteiger partial charge is 0.271 e. The molecule has 0 atom stereocenters. The summed E-state index contributed by atoms with van der Waals surface area (Å²) in [5.74, 6) is -0.191. The summed E-state index contributed by atoms with van der Waals surface area (Å²) in [6.07, 6.45) is 1.39. The SMILES string of the molecule is O=C(N/N=C\c1ccccc1O)c1ccc(Br)cc1. The Morgan fingerprint density at radius 2 is 1.84 bits per heavy atom. The number of para-hydroxylation sites is 1. The van der Waals surface area contributed by atoms with Crippen molar-refractivity contribution >= 4 is 28.1 Å². The van der Waals surface area contributed by atoms with Gasteiger partial charge in [-0.3, -0.25) is 4.79 Å². The predicted octanol–water partition coefficient (Wildman–Crippen LogP) is 2.92. The molecular weight excluding hydrogens is 308 g/mol. The van der Waals surface area contributed by atoms with Gasteiger partial charge in [0, 0.05) is 15.6 Å². The lowest BCUT2D eigenvalue weighted by Gasteiger charge is -2.00. The summed E-state index contributed by atoms with van der Waals surface area (Å²) in [7, 11) is 0. The lowest BCUT2D eigenvalue weighted by molar-refractivity contribution is 0.0955. The molecular formula is C14H11BrN2O2. The molecule has 0 aliphatic carbocycles. The molecule has 19 heavy (non-hydrogen) atoms. The second kappa shape index (κ2) is 6.15. The van der Waals surface area contributed by atoms with Crippen molar-refractivity contribution in [1.29, 1.82) is 0 Å². The summed E-state index contributed by atoms with van der Waals surface area (Å²) in [6.45, 7) is 0. The van der Waals surface area contributed by atoms with Crippen LogP contribution in [0.5, 0.6) is 5.75 Å². The first kappa shape index (κ1) is 13.3. The first-order chi connectivity index (χ1) is 9.16. The van der Waals surface area contributed by atoms with Gasteiger partial charge in [-0.25, -0.2) is 5.43 Å². The van der Waals surface area contributed by atoms with E-state index in [1.165, 1.54) is 6.21 Å². The van der Waals surface area contributed by atoms with Gasteiger partial charge >= 0.3 is 0 Å². The lowest BCUT2D eigenvalue weighted by Crippen LogP contribution is -2.17. The quantitative estimate of drug-likeness (QED) is 0.675. The van der Waals surface area contributed by atoms with Crippen LogP contribution in [0.4, 0.5) is 0 Å². The summed E-state index contributed by atoms with van der Waals surface area (Å²) < 4.78 is 0.904. The summed E-state index contributed by atoms with van der Waals surface area (Å²) in [5.41, 5.74) is 3.45. The summed E-state index contributed by atoms with van der Waals surface area (Å²) >= 11 is 3.30. The van der Waals surface area contributed by atoms with E-state index in [9.17, 15) is 9.90 Å². The van der Waals surface area contributed by atoms with Crippen LogP contribution in [-0.2, 0) is 0 Å². The Labute approximate surface area is 118 Å². The molecule has 0 aliphatic rings. The van der Waals surface area contributed by atoms with Crippen molar-refractivity contribution in [2.45, 2.75) is 0 Å². The van der Waals surface area contributed by atoms with Crippen LogP contribution in [0.2, 0.25) is 0 Å². The molecule has 0 aliphatic heterocycles. The normalized spacial score (nSPS) is 10.6.